The Kier molecular flexibility index (Phi) is 6.11. The average Bonchev–Trinajstić information content (AvgIpc) is 3.11. The predicted molar refractivity (Wildman–Crippen MR) is 107 cm³/mol. The van der Waals surface area contributed by atoms with Crippen molar-refractivity contribution >= 4 is 11.9 Å². The molecule has 0 radical (unpaired) electrons. The number of carbonyl (C=O) groups is 1. The molecule has 1 aromatic carbocycles. The zero-order valence-electron chi connectivity index (χ0n) is 17.2. The number of rotatable bonds is 5. The normalized spacial score (nSPS) is 17.6. The molecule has 0 aliphatic carbocycles. The lowest BCUT2D eigenvalue weighted by Gasteiger charge is -2.28. The SMILES string of the molecule is O=C(c1cc(F)ccc1-c1ncccn1)N1CCC(F)(F)[C@H]1CNc1ncc(C(F)(F)F)cn1. The fourth-order valence-electron chi connectivity index (χ4n) is 3.56. The van der Waals surface area contributed by atoms with Gasteiger partial charge in [0.1, 0.15) is 11.9 Å². The highest BCUT2D eigenvalue weighted by molar-refractivity contribution is 6.00. The summed E-state index contributed by atoms with van der Waals surface area (Å²) < 4.78 is 81.2. The summed E-state index contributed by atoms with van der Waals surface area (Å²) in [6, 6.07) is 3.17. The Morgan fingerprint density at radius 2 is 1.79 bits per heavy atom. The van der Waals surface area contributed by atoms with Gasteiger partial charge in [-0.1, -0.05) is 0 Å². The third-order valence-electron chi connectivity index (χ3n) is 5.26. The molecular formula is C21H16F6N6O. The van der Waals surface area contributed by atoms with Gasteiger partial charge in [0.15, 0.2) is 5.82 Å². The molecule has 1 N–H and O–H groups in total. The largest absolute Gasteiger partial charge is 0.419 e. The van der Waals surface area contributed by atoms with Crippen LogP contribution in [0.2, 0.25) is 0 Å². The third kappa shape index (κ3) is 4.77. The minimum Gasteiger partial charge on any atom is -0.352 e. The monoisotopic (exact) mass is 482 g/mol. The van der Waals surface area contributed by atoms with E-state index in [1.54, 1.807) is 6.07 Å². The maximum Gasteiger partial charge on any atom is 0.419 e. The molecule has 3 aromatic rings. The molecular weight excluding hydrogens is 466 g/mol. The Balaban J connectivity index is 1.58. The van der Waals surface area contributed by atoms with Gasteiger partial charge in [0, 0.05) is 49.9 Å². The molecule has 1 aliphatic rings. The molecule has 1 fully saturated rings. The van der Waals surface area contributed by atoms with Crippen LogP contribution in [0, 0.1) is 5.82 Å². The third-order valence-corrected chi connectivity index (χ3v) is 5.26. The first-order valence-corrected chi connectivity index (χ1v) is 9.95. The molecule has 4 rings (SSSR count). The molecule has 3 heterocycles. The first kappa shape index (κ1) is 23.4. The molecule has 178 valence electrons. The van der Waals surface area contributed by atoms with Gasteiger partial charge in [-0.15, -0.1) is 0 Å². The number of anilines is 1. The van der Waals surface area contributed by atoms with E-state index >= 15 is 0 Å². The average molecular weight is 482 g/mol. The number of halogens is 6. The summed E-state index contributed by atoms with van der Waals surface area (Å²) in [4.78, 5) is 29.2. The second kappa shape index (κ2) is 8.88. The Bertz CT molecular complexity index is 1170. The summed E-state index contributed by atoms with van der Waals surface area (Å²) in [6.07, 6.45) is -1.42. The van der Waals surface area contributed by atoms with Crippen molar-refractivity contribution in [3.8, 4) is 11.4 Å². The minimum atomic E-state index is -4.65. The van der Waals surface area contributed by atoms with Crippen molar-refractivity contribution in [2.24, 2.45) is 0 Å². The lowest BCUT2D eigenvalue weighted by atomic mass is 10.0. The fourth-order valence-corrected chi connectivity index (χ4v) is 3.56. The summed E-state index contributed by atoms with van der Waals surface area (Å²) in [5.74, 6) is -5.12. The van der Waals surface area contributed by atoms with Gasteiger partial charge in [0.25, 0.3) is 11.8 Å². The standard InChI is InChI=1S/C21H16F6N6O/c22-13-2-3-14(17-28-5-1-6-29-17)15(8-13)18(34)33-7-4-20(23,24)16(33)11-32-19-30-9-12(10-31-19)21(25,26)27/h1-3,5-6,8-10,16H,4,7,11H2,(H,30,31,32)/t16-/m1/s1. The first-order chi connectivity index (χ1) is 16.1. The number of carbonyl (C=O) groups excluding carboxylic acids is 1. The first-order valence-electron chi connectivity index (χ1n) is 9.95. The molecule has 34 heavy (non-hydrogen) atoms. The van der Waals surface area contributed by atoms with Gasteiger partial charge in [0.05, 0.1) is 11.1 Å². The Morgan fingerprint density at radius 3 is 2.44 bits per heavy atom. The zero-order valence-corrected chi connectivity index (χ0v) is 17.2. The number of alkyl halides is 5. The molecule has 0 saturated carbocycles. The molecule has 7 nitrogen and oxygen atoms in total. The van der Waals surface area contributed by atoms with Gasteiger partial charge < -0.3 is 10.2 Å². The number of amides is 1. The van der Waals surface area contributed by atoms with E-state index in [2.05, 4.69) is 25.3 Å². The molecule has 0 spiro atoms. The van der Waals surface area contributed by atoms with Crippen LogP contribution in [0.25, 0.3) is 11.4 Å². The predicted octanol–water partition coefficient (Wildman–Crippen LogP) is 4.05. The van der Waals surface area contributed by atoms with Gasteiger partial charge >= 0.3 is 6.18 Å². The number of nitrogens with one attached hydrogen (secondary N) is 1. The number of aromatic nitrogens is 4. The van der Waals surface area contributed by atoms with Crippen LogP contribution in [-0.2, 0) is 6.18 Å². The Hall–Kier alpha value is -3.77. The molecule has 0 unspecified atom stereocenters. The van der Waals surface area contributed by atoms with E-state index in [1.807, 2.05) is 0 Å². The molecule has 1 amide bonds. The number of benzene rings is 1. The summed E-state index contributed by atoms with van der Waals surface area (Å²) in [5, 5.41) is 2.45. The number of nitrogens with zero attached hydrogens (tertiary/aromatic N) is 5. The van der Waals surface area contributed by atoms with Crippen molar-refractivity contribution in [3.05, 3.63) is 66.0 Å². The van der Waals surface area contributed by atoms with E-state index in [9.17, 15) is 31.1 Å². The second-order valence-corrected chi connectivity index (χ2v) is 7.46. The summed E-state index contributed by atoms with van der Waals surface area (Å²) in [7, 11) is 0. The van der Waals surface area contributed by atoms with E-state index < -0.39 is 48.4 Å². The van der Waals surface area contributed by atoms with Crippen LogP contribution < -0.4 is 5.32 Å². The van der Waals surface area contributed by atoms with Gasteiger partial charge in [-0.25, -0.2) is 33.1 Å². The summed E-state index contributed by atoms with van der Waals surface area (Å²) >= 11 is 0. The smallest absolute Gasteiger partial charge is 0.352 e. The fraction of sp³-hybridized carbons (Fsp3) is 0.286. The number of hydrogen-bond acceptors (Lipinski definition) is 6. The van der Waals surface area contributed by atoms with E-state index in [0.29, 0.717) is 12.4 Å². The van der Waals surface area contributed by atoms with Crippen LogP contribution in [0.4, 0.5) is 32.3 Å². The van der Waals surface area contributed by atoms with Crippen LogP contribution in [0.1, 0.15) is 22.3 Å². The van der Waals surface area contributed by atoms with E-state index in [4.69, 9.17) is 0 Å². The molecule has 2 aromatic heterocycles. The highest BCUT2D eigenvalue weighted by Gasteiger charge is 2.51. The van der Waals surface area contributed by atoms with Crippen molar-refractivity contribution in [2.45, 2.75) is 24.6 Å². The van der Waals surface area contributed by atoms with Crippen LogP contribution in [0.3, 0.4) is 0 Å². The van der Waals surface area contributed by atoms with Gasteiger partial charge in [-0.3, -0.25) is 4.79 Å². The minimum absolute atomic E-state index is 0.115. The number of hydrogen-bond donors (Lipinski definition) is 1. The quantitative estimate of drug-likeness (QED) is 0.553. The van der Waals surface area contributed by atoms with Crippen molar-refractivity contribution < 1.29 is 31.1 Å². The lowest BCUT2D eigenvalue weighted by molar-refractivity contribution is -0.138. The highest BCUT2D eigenvalue weighted by Crippen LogP contribution is 2.36. The van der Waals surface area contributed by atoms with Crippen molar-refractivity contribution in [3.63, 3.8) is 0 Å². The topological polar surface area (TPSA) is 83.9 Å². The maximum atomic E-state index is 14.6. The Labute approximate surface area is 188 Å². The summed E-state index contributed by atoms with van der Waals surface area (Å²) in [5.41, 5.74) is -1.12. The Morgan fingerprint density at radius 1 is 1.12 bits per heavy atom. The van der Waals surface area contributed by atoms with E-state index in [0.717, 1.165) is 17.0 Å². The molecule has 0 bridgehead atoms. The summed E-state index contributed by atoms with van der Waals surface area (Å²) in [6.45, 7) is -0.867. The molecule has 1 saturated heterocycles. The van der Waals surface area contributed by atoms with E-state index in [1.165, 1.54) is 18.5 Å². The van der Waals surface area contributed by atoms with Gasteiger partial charge in [-0.05, 0) is 24.3 Å². The lowest BCUT2D eigenvalue weighted by Crippen LogP contribution is -2.47. The van der Waals surface area contributed by atoms with Crippen LogP contribution in [0.5, 0.6) is 0 Å². The second-order valence-electron chi connectivity index (χ2n) is 7.46. The number of likely N-dealkylation sites (tertiary alicyclic amines) is 1. The van der Waals surface area contributed by atoms with Crippen molar-refractivity contribution in [1.82, 2.24) is 24.8 Å². The molecule has 1 aliphatic heterocycles. The van der Waals surface area contributed by atoms with Crippen LogP contribution in [0.15, 0.2) is 49.1 Å². The maximum absolute atomic E-state index is 14.6. The zero-order chi connectivity index (χ0) is 24.5. The van der Waals surface area contributed by atoms with Crippen LogP contribution >= 0.6 is 0 Å². The molecule has 13 heteroatoms. The van der Waals surface area contributed by atoms with Crippen molar-refractivity contribution in [1.29, 1.82) is 0 Å². The van der Waals surface area contributed by atoms with Crippen molar-refractivity contribution in [2.75, 3.05) is 18.4 Å². The van der Waals surface area contributed by atoms with Gasteiger partial charge in [0.2, 0.25) is 5.95 Å². The highest BCUT2D eigenvalue weighted by atomic mass is 19.4. The van der Waals surface area contributed by atoms with Gasteiger partial charge in [-0.2, -0.15) is 13.2 Å². The van der Waals surface area contributed by atoms with E-state index in [-0.39, 0.29) is 29.4 Å². The molecule has 1 atom stereocenters. The van der Waals surface area contributed by atoms with Crippen LogP contribution in [-0.4, -0.2) is 55.8 Å².